The van der Waals surface area contributed by atoms with Crippen LogP contribution in [0, 0.1) is 11.1 Å². The van der Waals surface area contributed by atoms with Crippen molar-refractivity contribution in [2.24, 2.45) is 0 Å². The van der Waals surface area contributed by atoms with Crippen molar-refractivity contribution in [2.75, 3.05) is 0 Å². The van der Waals surface area contributed by atoms with E-state index in [4.69, 9.17) is 22.2 Å². The normalized spacial score (nSPS) is 25.8. The molecule has 0 nitrogen and oxygen atoms in total. The molecule has 0 aliphatic heterocycles. The zero-order valence-corrected chi connectivity index (χ0v) is 19.6. The Kier molecular flexibility index (Phi) is 7.81. The van der Waals surface area contributed by atoms with Gasteiger partial charge in [0.15, 0.2) is 0 Å². The van der Waals surface area contributed by atoms with Crippen LogP contribution in [0.3, 0.4) is 0 Å². The van der Waals surface area contributed by atoms with E-state index in [-0.39, 0.29) is 0 Å². The molecule has 0 aromatic heterocycles. The van der Waals surface area contributed by atoms with Gasteiger partial charge >= 0.3 is 0 Å². The van der Waals surface area contributed by atoms with Gasteiger partial charge in [0, 0.05) is 0 Å². The molecule has 2 atom stereocenters. The lowest BCUT2D eigenvalue weighted by Gasteiger charge is -2.37. The van der Waals surface area contributed by atoms with E-state index >= 15 is 0 Å². The maximum atomic E-state index is 7.33. The highest BCUT2D eigenvalue weighted by Crippen LogP contribution is 2.47. The van der Waals surface area contributed by atoms with E-state index in [2.05, 4.69) is 38.8 Å². The Morgan fingerprint density at radius 1 is 0.625 bits per heavy atom. The fourth-order valence-corrected chi connectivity index (χ4v) is 13.7. The van der Waals surface area contributed by atoms with Gasteiger partial charge in [-0.3, -0.25) is 0 Å². The van der Waals surface area contributed by atoms with Gasteiger partial charge in [0.05, 0.1) is 0 Å². The second kappa shape index (κ2) is 8.98. The first-order valence-electron chi connectivity index (χ1n) is 10.2. The molecule has 0 bridgehead atoms. The summed E-state index contributed by atoms with van der Waals surface area (Å²) in [7, 11) is -4.17. The molecule has 2 aliphatic rings. The van der Waals surface area contributed by atoms with Gasteiger partial charge in [-0.15, -0.1) is 33.2 Å². The maximum absolute atomic E-state index is 7.33. The van der Waals surface area contributed by atoms with E-state index in [0.29, 0.717) is 22.2 Å². The average Bonchev–Trinajstić information content (AvgIpc) is 2.60. The van der Waals surface area contributed by atoms with Crippen molar-refractivity contribution in [3.8, 4) is 11.1 Å². The number of hydrogen-bond acceptors (Lipinski definition) is 0. The van der Waals surface area contributed by atoms with Crippen LogP contribution in [-0.2, 0) is 0 Å². The van der Waals surface area contributed by atoms with Gasteiger partial charge in [0.2, 0.25) is 14.8 Å². The summed E-state index contributed by atoms with van der Waals surface area (Å²) >= 11 is 14.7. The molecule has 2 unspecified atom stereocenters. The van der Waals surface area contributed by atoms with Gasteiger partial charge in [0.1, 0.15) is 0 Å². The standard InChI is InChI=1S/C20H36Cl2Si2/c1-17(2)23(21,19-11-7-5-8-12-19)15-16-24(22,18(3)4)20-13-9-6-10-14-20/h17-20H,5-14H2,1-4H3. The van der Waals surface area contributed by atoms with Gasteiger partial charge in [-0.05, 0) is 22.2 Å². The molecule has 2 saturated carbocycles. The van der Waals surface area contributed by atoms with Crippen molar-refractivity contribution in [2.45, 2.75) is 114 Å². The van der Waals surface area contributed by atoms with Crippen molar-refractivity contribution in [1.82, 2.24) is 0 Å². The molecular formula is C20H36Cl2Si2. The molecule has 2 fully saturated rings. The van der Waals surface area contributed by atoms with Gasteiger partial charge in [0.25, 0.3) is 0 Å². The molecule has 0 amide bonds. The van der Waals surface area contributed by atoms with Crippen LogP contribution in [0.1, 0.15) is 91.9 Å². The summed E-state index contributed by atoms with van der Waals surface area (Å²) in [5, 5.41) is 0. The number of halogens is 2. The largest absolute Gasteiger partial charge is 0.238 e. The third kappa shape index (κ3) is 4.64. The fraction of sp³-hybridized carbons (Fsp3) is 0.900. The molecule has 0 radical (unpaired) electrons. The van der Waals surface area contributed by atoms with Crippen LogP contribution < -0.4 is 0 Å². The summed E-state index contributed by atoms with van der Waals surface area (Å²) in [5.41, 5.74) is 9.92. The zero-order valence-electron chi connectivity index (χ0n) is 16.1. The first kappa shape index (κ1) is 20.9. The highest BCUT2D eigenvalue weighted by atomic mass is 35.6. The Labute approximate surface area is 161 Å². The van der Waals surface area contributed by atoms with Gasteiger partial charge in [-0.1, -0.05) is 91.9 Å². The molecule has 0 aromatic carbocycles. The minimum absolute atomic E-state index is 0.517. The Morgan fingerprint density at radius 2 is 0.917 bits per heavy atom. The lowest BCUT2D eigenvalue weighted by Crippen LogP contribution is -2.41. The summed E-state index contributed by atoms with van der Waals surface area (Å²) < 4.78 is 0. The van der Waals surface area contributed by atoms with Crippen molar-refractivity contribution in [3.63, 3.8) is 0 Å². The fourth-order valence-electron chi connectivity index (χ4n) is 4.67. The van der Waals surface area contributed by atoms with E-state index in [1.807, 2.05) is 0 Å². The molecule has 24 heavy (non-hydrogen) atoms. The lowest BCUT2D eigenvalue weighted by molar-refractivity contribution is 0.493. The van der Waals surface area contributed by atoms with Crippen molar-refractivity contribution in [3.05, 3.63) is 0 Å². The van der Waals surface area contributed by atoms with Crippen LogP contribution in [0.2, 0.25) is 22.2 Å². The Morgan fingerprint density at radius 3 is 1.17 bits per heavy atom. The van der Waals surface area contributed by atoms with Crippen LogP contribution in [-0.4, -0.2) is 14.8 Å². The summed E-state index contributed by atoms with van der Waals surface area (Å²) in [6.45, 7) is 9.21. The summed E-state index contributed by atoms with van der Waals surface area (Å²) in [4.78, 5) is 0. The highest BCUT2D eigenvalue weighted by molar-refractivity contribution is 7.29. The van der Waals surface area contributed by atoms with Gasteiger partial charge in [-0.25, -0.2) is 0 Å². The van der Waals surface area contributed by atoms with Crippen LogP contribution in [0.25, 0.3) is 0 Å². The molecular weight excluding hydrogens is 367 g/mol. The minimum atomic E-state index is -2.08. The first-order chi connectivity index (χ1) is 11.3. The van der Waals surface area contributed by atoms with Crippen LogP contribution >= 0.6 is 22.2 Å². The Bertz CT molecular complexity index is 416. The van der Waals surface area contributed by atoms with Crippen LogP contribution in [0.5, 0.6) is 0 Å². The summed E-state index contributed by atoms with van der Waals surface area (Å²) in [6.07, 6.45) is 13.3. The van der Waals surface area contributed by atoms with E-state index in [1.165, 1.54) is 64.2 Å². The van der Waals surface area contributed by atoms with Crippen LogP contribution in [0.4, 0.5) is 0 Å². The summed E-state index contributed by atoms with van der Waals surface area (Å²) in [5.74, 6) is 0. The maximum Gasteiger partial charge on any atom is 0.238 e. The van der Waals surface area contributed by atoms with E-state index in [0.717, 1.165) is 0 Å². The number of rotatable bonds is 4. The molecule has 0 saturated heterocycles. The lowest BCUT2D eigenvalue weighted by atomic mass is 10.0. The van der Waals surface area contributed by atoms with Gasteiger partial charge < -0.3 is 0 Å². The molecule has 0 N–H and O–H groups in total. The monoisotopic (exact) mass is 402 g/mol. The zero-order chi connectivity index (χ0) is 17.8. The molecule has 138 valence electrons. The van der Waals surface area contributed by atoms with Crippen molar-refractivity contribution in [1.29, 1.82) is 0 Å². The highest BCUT2D eigenvalue weighted by Gasteiger charge is 2.45. The Hall–Kier alpha value is 0.574. The molecule has 2 aliphatic carbocycles. The van der Waals surface area contributed by atoms with Crippen LogP contribution in [0.15, 0.2) is 0 Å². The minimum Gasteiger partial charge on any atom is -0.149 e. The third-order valence-corrected chi connectivity index (χ3v) is 19.7. The second-order valence-electron chi connectivity index (χ2n) is 8.77. The molecule has 0 heterocycles. The third-order valence-electron chi connectivity index (χ3n) is 6.52. The smallest absolute Gasteiger partial charge is 0.149 e. The van der Waals surface area contributed by atoms with E-state index < -0.39 is 14.8 Å². The van der Waals surface area contributed by atoms with Crippen molar-refractivity contribution < 1.29 is 0 Å². The summed E-state index contributed by atoms with van der Waals surface area (Å²) in [6, 6.07) is 0. The molecule has 0 spiro atoms. The van der Waals surface area contributed by atoms with E-state index in [1.54, 1.807) is 0 Å². The quantitative estimate of drug-likeness (QED) is 0.254. The molecule has 4 heteroatoms. The van der Waals surface area contributed by atoms with Gasteiger partial charge in [-0.2, -0.15) is 0 Å². The SMILES string of the molecule is CC(C)[Si](Cl)(C#C[Si](Cl)(C(C)C)C1CCCCC1)C1CCCCC1. The number of hydrogen-bond donors (Lipinski definition) is 0. The predicted molar refractivity (Wildman–Crippen MR) is 115 cm³/mol. The topological polar surface area (TPSA) is 0 Å². The average molecular weight is 404 g/mol. The first-order valence-corrected chi connectivity index (χ1v) is 16.6. The Balaban J connectivity index is 2.28. The molecule has 0 aromatic rings. The van der Waals surface area contributed by atoms with Crippen molar-refractivity contribution >= 4 is 36.9 Å². The second-order valence-corrected chi connectivity index (χ2v) is 20.0. The molecule has 2 rings (SSSR count). The van der Waals surface area contributed by atoms with E-state index in [9.17, 15) is 0 Å². The predicted octanol–water partition coefficient (Wildman–Crippen LogP) is 7.93.